The molecule has 0 saturated carbocycles. The second-order valence-electron chi connectivity index (χ2n) is 7.00. The van der Waals surface area contributed by atoms with Crippen molar-refractivity contribution in [3.05, 3.63) is 77.0 Å². The van der Waals surface area contributed by atoms with Gasteiger partial charge in [0.05, 0.1) is 16.5 Å². The molecule has 0 bridgehead atoms. The zero-order valence-corrected chi connectivity index (χ0v) is 17.9. The van der Waals surface area contributed by atoms with E-state index in [2.05, 4.69) is 0 Å². The summed E-state index contributed by atoms with van der Waals surface area (Å²) in [5.74, 6) is 0.478. The summed E-state index contributed by atoms with van der Waals surface area (Å²) in [7, 11) is -3.68. The summed E-state index contributed by atoms with van der Waals surface area (Å²) in [6.45, 7) is 0.869. The third-order valence-electron chi connectivity index (χ3n) is 5.09. The predicted molar refractivity (Wildman–Crippen MR) is 115 cm³/mol. The lowest BCUT2D eigenvalue weighted by Crippen LogP contribution is -2.50. The second-order valence-corrected chi connectivity index (χ2v) is 9.38. The summed E-state index contributed by atoms with van der Waals surface area (Å²) in [5.41, 5.74) is 1.20. The summed E-state index contributed by atoms with van der Waals surface area (Å²) < 4.78 is 32.7. The molecule has 1 aromatic heterocycles. The van der Waals surface area contributed by atoms with Crippen LogP contribution in [0.2, 0.25) is 5.02 Å². The number of piperazine rings is 1. The van der Waals surface area contributed by atoms with Crippen molar-refractivity contribution >= 4 is 27.5 Å². The molecular weight excluding hydrogens is 438 g/mol. The van der Waals surface area contributed by atoms with E-state index in [-0.39, 0.29) is 42.7 Å². The lowest BCUT2D eigenvalue weighted by Gasteiger charge is -2.33. The number of carbonyl (C=O) groups excluding carboxylic acids is 1. The first-order valence-corrected chi connectivity index (χ1v) is 11.4. The Labute approximate surface area is 185 Å². The Bertz CT molecular complexity index is 1240. The molecule has 1 saturated heterocycles. The number of rotatable bonds is 4. The predicted octanol–water partition coefficient (Wildman–Crippen LogP) is 3.62. The summed E-state index contributed by atoms with van der Waals surface area (Å²) >= 11 is 5.90. The van der Waals surface area contributed by atoms with Crippen LogP contribution < -0.4 is 0 Å². The van der Waals surface area contributed by atoms with Gasteiger partial charge in [-0.1, -0.05) is 11.6 Å². The van der Waals surface area contributed by atoms with E-state index in [1.165, 1.54) is 28.6 Å². The summed E-state index contributed by atoms with van der Waals surface area (Å²) in [6, 6.07) is 18.2. The number of benzene rings is 2. The summed E-state index contributed by atoms with van der Waals surface area (Å²) in [6.07, 6.45) is 0. The van der Waals surface area contributed by atoms with Crippen LogP contribution in [-0.4, -0.2) is 49.7 Å². The SMILES string of the molecule is N#Cc1ccc(S(=O)(=O)N2CCN(C(=O)c3ccc(-c4ccc(Cl)cc4)o3)CC2)cc1. The van der Waals surface area contributed by atoms with Crippen molar-refractivity contribution in [2.75, 3.05) is 26.2 Å². The van der Waals surface area contributed by atoms with Crippen molar-refractivity contribution in [2.45, 2.75) is 4.90 Å². The van der Waals surface area contributed by atoms with Crippen molar-refractivity contribution in [2.24, 2.45) is 0 Å². The molecule has 158 valence electrons. The smallest absolute Gasteiger partial charge is 0.289 e. The van der Waals surface area contributed by atoms with Crippen LogP contribution >= 0.6 is 11.6 Å². The maximum atomic E-state index is 12.8. The number of furan rings is 1. The van der Waals surface area contributed by atoms with Gasteiger partial charge in [-0.15, -0.1) is 0 Å². The number of halogens is 1. The molecule has 9 heteroatoms. The third-order valence-corrected chi connectivity index (χ3v) is 7.26. The lowest BCUT2D eigenvalue weighted by atomic mass is 10.2. The van der Waals surface area contributed by atoms with Gasteiger partial charge in [0, 0.05) is 36.8 Å². The van der Waals surface area contributed by atoms with Crippen LogP contribution in [0.3, 0.4) is 0 Å². The molecule has 1 aliphatic heterocycles. The molecule has 0 radical (unpaired) electrons. The van der Waals surface area contributed by atoms with E-state index in [9.17, 15) is 13.2 Å². The number of nitrogens with zero attached hydrogens (tertiary/aromatic N) is 3. The number of nitriles is 1. The molecule has 7 nitrogen and oxygen atoms in total. The van der Waals surface area contributed by atoms with Gasteiger partial charge in [0.1, 0.15) is 5.76 Å². The lowest BCUT2D eigenvalue weighted by molar-refractivity contribution is 0.0667. The molecule has 0 unspecified atom stereocenters. The molecule has 0 aliphatic carbocycles. The second kappa shape index (κ2) is 8.55. The molecule has 3 aromatic rings. The van der Waals surface area contributed by atoms with Crippen LogP contribution in [0.5, 0.6) is 0 Å². The molecular formula is C22H18ClN3O4S. The van der Waals surface area contributed by atoms with E-state index in [4.69, 9.17) is 21.3 Å². The highest BCUT2D eigenvalue weighted by molar-refractivity contribution is 7.89. The first-order valence-electron chi connectivity index (χ1n) is 9.54. The Kier molecular flexibility index (Phi) is 5.83. The monoisotopic (exact) mass is 455 g/mol. The number of sulfonamides is 1. The first kappa shape index (κ1) is 21.1. The minimum absolute atomic E-state index is 0.130. The average Bonchev–Trinajstić information content (AvgIpc) is 3.29. The van der Waals surface area contributed by atoms with Crippen LogP contribution in [0.25, 0.3) is 11.3 Å². The van der Waals surface area contributed by atoms with E-state index in [1.807, 2.05) is 18.2 Å². The van der Waals surface area contributed by atoms with Crippen LogP contribution in [0.4, 0.5) is 0 Å². The maximum Gasteiger partial charge on any atom is 0.289 e. The number of carbonyl (C=O) groups is 1. The van der Waals surface area contributed by atoms with Gasteiger partial charge in [0.2, 0.25) is 10.0 Å². The van der Waals surface area contributed by atoms with Gasteiger partial charge in [-0.3, -0.25) is 4.79 Å². The van der Waals surface area contributed by atoms with Crippen LogP contribution in [0.1, 0.15) is 16.1 Å². The Morgan fingerprint density at radius 2 is 1.58 bits per heavy atom. The maximum absolute atomic E-state index is 12.8. The topological polar surface area (TPSA) is 94.6 Å². The first-order chi connectivity index (χ1) is 14.9. The van der Waals surface area contributed by atoms with Crippen molar-refractivity contribution in [1.29, 1.82) is 5.26 Å². The van der Waals surface area contributed by atoms with Gasteiger partial charge < -0.3 is 9.32 Å². The van der Waals surface area contributed by atoms with Gasteiger partial charge in [-0.25, -0.2) is 8.42 Å². The minimum atomic E-state index is -3.68. The highest BCUT2D eigenvalue weighted by Crippen LogP contribution is 2.25. The van der Waals surface area contributed by atoms with Gasteiger partial charge >= 0.3 is 0 Å². The zero-order valence-electron chi connectivity index (χ0n) is 16.4. The van der Waals surface area contributed by atoms with E-state index in [1.54, 1.807) is 29.2 Å². The van der Waals surface area contributed by atoms with Crippen molar-refractivity contribution in [3.8, 4) is 17.4 Å². The largest absolute Gasteiger partial charge is 0.451 e. The molecule has 0 atom stereocenters. The molecule has 0 spiro atoms. The summed E-state index contributed by atoms with van der Waals surface area (Å²) in [5, 5.41) is 9.48. The van der Waals surface area contributed by atoms with Gasteiger partial charge in [-0.2, -0.15) is 9.57 Å². The quantitative estimate of drug-likeness (QED) is 0.598. The molecule has 1 fully saturated rings. The number of hydrogen-bond acceptors (Lipinski definition) is 5. The molecule has 2 aromatic carbocycles. The Balaban J connectivity index is 1.42. The molecule has 4 rings (SSSR count). The number of hydrogen-bond donors (Lipinski definition) is 0. The van der Waals surface area contributed by atoms with E-state index >= 15 is 0 Å². The van der Waals surface area contributed by atoms with Gasteiger partial charge in [0.25, 0.3) is 5.91 Å². The molecule has 1 aliphatic rings. The fourth-order valence-corrected chi connectivity index (χ4v) is 4.91. The molecule has 2 heterocycles. The van der Waals surface area contributed by atoms with E-state index < -0.39 is 10.0 Å². The summed E-state index contributed by atoms with van der Waals surface area (Å²) in [4.78, 5) is 14.5. The highest BCUT2D eigenvalue weighted by Gasteiger charge is 2.31. The number of amides is 1. The minimum Gasteiger partial charge on any atom is -0.451 e. The van der Waals surface area contributed by atoms with E-state index in [0.29, 0.717) is 16.3 Å². The Morgan fingerprint density at radius 3 is 2.19 bits per heavy atom. The third kappa shape index (κ3) is 4.35. The van der Waals surface area contributed by atoms with Crippen molar-refractivity contribution in [3.63, 3.8) is 0 Å². The zero-order chi connectivity index (χ0) is 22.0. The van der Waals surface area contributed by atoms with Crippen molar-refractivity contribution < 1.29 is 17.6 Å². The average molecular weight is 456 g/mol. The van der Waals surface area contributed by atoms with Crippen LogP contribution in [0, 0.1) is 11.3 Å². The Morgan fingerprint density at radius 1 is 0.935 bits per heavy atom. The van der Waals surface area contributed by atoms with Gasteiger partial charge in [-0.05, 0) is 60.7 Å². The Hall–Kier alpha value is -3.12. The van der Waals surface area contributed by atoms with Crippen LogP contribution in [-0.2, 0) is 10.0 Å². The molecule has 31 heavy (non-hydrogen) atoms. The van der Waals surface area contributed by atoms with E-state index in [0.717, 1.165) is 5.56 Å². The fourth-order valence-electron chi connectivity index (χ4n) is 3.36. The van der Waals surface area contributed by atoms with Crippen LogP contribution in [0.15, 0.2) is 70.0 Å². The molecule has 1 amide bonds. The van der Waals surface area contributed by atoms with Gasteiger partial charge in [0.15, 0.2) is 5.76 Å². The highest BCUT2D eigenvalue weighted by atomic mass is 35.5. The van der Waals surface area contributed by atoms with Crippen molar-refractivity contribution in [1.82, 2.24) is 9.21 Å². The standard InChI is InChI=1S/C22H18ClN3O4S/c23-18-5-3-17(4-6-18)20-9-10-21(30-20)22(27)25-11-13-26(14-12-25)31(28,29)19-7-1-16(15-24)2-8-19/h1-10H,11-14H2. The normalized spacial score (nSPS) is 14.9. The molecule has 0 N–H and O–H groups in total. The fraction of sp³-hybridized carbons (Fsp3) is 0.182.